The van der Waals surface area contributed by atoms with Crippen LogP contribution < -0.4 is 0 Å². The molecule has 0 aromatic carbocycles. The van der Waals surface area contributed by atoms with Gasteiger partial charge in [0, 0.05) is 18.0 Å². The molecule has 0 atom stereocenters. The maximum Gasteiger partial charge on any atom is 0.189 e. The summed E-state index contributed by atoms with van der Waals surface area (Å²) in [5.74, 6) is 0.983. The van der Waals surface area contributed by atoms with Gasteiger partial charge in [-0.05, 0) is 0 Å². The molecule has 0 saturated carbocycles. The fourth-order valence-corrected chi connectivity index (χ4v) is 1.83. The molecular weight excluding hydrogens is 182 g/mol. The van der Waals surface area contributed by atoms with Gasteiger partial charge < -0.3 is 0 Å². The molecule has 2 aliphatic rings. The molecule has 0 aliphatic carbocycles. The Morgan fingerprint density at radius 2 is 2.36 bits per heavy atom. The van der Waals surface area contributed by atoms with Crippen molar-refractivity contribution in [3.63, 3.8) is 0 Å². The number of allylic oxidation sites excluding steroid dienone is 1. The van der Waals surface area contributed by atoms with Crippen molar-refractivity contribution in [3.05, 3.63) is 23.9 Å². The quantitative estimate of drug-likeness (QED) is 0.576. The van der Waals surface area contributed by atoms with Gasteiger partial charge in [0.1, 0.15) is 5.04 Å². The smallest absolute Gasteiger partial charge is 0.189 e. The number of nitrogens with zero attached hydrogens (tertiary/aromatic N) is 1. The zero-order valence-electron chi connectivity index (χ0n) is 5.61. The third-order valence-electron chi connectivity index (χ3n) is 1.42. The van der Waals surface area contributed by atoms with Gasteiger partial charge in [-0.3, -0.25) is 4.79 Å². The van der Waals surface area contributed by atoms with Gasteiger partial charge in [-0.15, -0.1) is 24.2 Å². The highest BCUT2D eigenvalue weighted by Gasteiger charge is 2.20. The molecule has 0 aromatic heterocycles. The van der Waals surface area contributed by atoms with Gasteiger partial charge in [0.25, 0.3) is 0 Å². The van der Waals surface area contributed by atoms with E-state index in [0.717, 1.165) is 16.4 Å². The standard InChI is InChI=1S/C7H5NOS.ClH/c9-6-1-3-8-7-5(6)2-4-10-7;/h1-3H,4H2;1H. The Morgan fingerprint density at radius 3 is 3.09 bits per heavy atom. The number of carbonyl (C=O) groups is 1. The third-order valence-corrected chi connectivity index (χ3v) is 2.35. The molecule has 0 saturated heterocycles. The van der Waals surface area contributed by atoms with Crippen LogP contribution in [0.3, 0.4) is 0 Å². The lowest BCUT2D eigenvalue weighted by molar-refractivity contribution is -0.110. The Labute approximate surface area is 74.9 Å². The van der Waals surface area contributed by atoms with E-state index in [1.807, 2.05) is 6.08 Å². The number of carbonyl (C=O) groups excluding carboxylic acids is 1. The Hall–Kier alpha value is -0.540. The Balaban J connectivity index is 0.000000605. The van der Waals surface area contributed by atoms with Gasteiger partial charge in [0.05, 0.1) is 5.57 Å². The molecule has 0 bridgehead atoms. The summed E-state index contributed by atoms with van der Waals surface area (Å²) < 4.78 is 0. The monoisotopic (exact) mass is 187 g/mol. The van der Waals surface area contributed by atoms with Crippen LogP contribution in [0.5, 0.6) is 0 Å². The number of fused-ring (bicyclic) bond motifs is 1. The molecule has 4 heteroatoms. The van der Waals surface area contributed by atoms with Crippen LogP contribution in [0.25, 0.3) is 0 Å². The van der Waals surface area contributed by atoms with Crippen LogP contribution in [0, 0.1) is 0 Å². The van der Waals surface area contributed by atoms with E-state index < -0.39 is 0 Å². The summed E-state index contributed by atoms with van der Waals surface area (Å²) in [6.45, 7) is 0. The zero-order valence-corrected chi connectivity index (χ0v) is 7.24. The van der Waals surface area contributed by atoms with E-state index in [2.05, 4.69) is 4.99 Å². The van der Waals surface area contributed by atoms with Gasteiger partial charge in [-0.2, -0.15) is 0 Å². The highest BCUT2D eigenvalue weighted by molar-refractivity contribution is 8.15. The van der Waals surface area contributed by atoms with Gasteiger partial charge in [0.15, 0.2) is 5.78 Å². The van der Waals surface area contributed by atoms with E-state index >= 15 is 0 Å². The molecule has 0 unspecified atom stereocenters. The van der Waals surface area contributed by atoms with Gasteiger partial charge in [-0.1, -0.05) is 6.08 Å². The summed E-state index contributed by atoms with van der Waals surface area (Å²) in [6.07, 6.45) is 4.99. The number of aliphatic imine (C=N–C) groups is 1. The van der Waals surface area contributed by atoms with Crippen LogP contribution in [-0.4, -0.2) is 16.6 Å². The predicted octanol–water partition coefficient (Wildman–Crippen LogP) is 1.58. The third kappa shape index (κ3) is 1.39. The predicted molar refractivity (Wildman–Crippen MR) is 49.4 cm³/mol. The summed E-state index contributed by atoms with van der Waals surface area (Å²) >= 11 is 1.62. The molecule has 0 aromatic rings. The van der Waals surface area contributed by atoms with E-state index in [4.69, 9.17) is 0 Å². The van der Waals surface area contributed by atoms with Crippen molar-refractivity contribution >= 4 is 35.0 Å². The molecule has 0 spiro atoms. The lowest BCUT2D eigenvalue weighted by Gasteiger charge is -2.01. The lowest BCUT2D eigenvalue weighted by atomic mass is 10.1. The van der Waals surface area contributed by atoms with Gasteiger partial charge in [-0.25, -0.2) is 4.99 Å². The minimum absolute atomic E-state index is 0. The zero-order chi connectivity index (χ0) is 6.97. The van der Waals surface area contributed by atoms with Crippen molar-refractivity contribution in [2.24, 2.45) is 4.99 Å². The molecule has 2 rings (SSSR count). The Kier molecular flexibility index (Phi) is 2.52. The topological polar surface area (TPSA) is 29.4 Å². The molecule has 2 nitrogen and oxygen atoms in total. The maximum atomic E-state index is 11.0. The van der Waals surface area contributed by atoms with Gasteiger partial charge >= 0.3 is 0 Å². The van der Waals surface area contributed by atoms with E-state index in [-0.39, 0.29) is 18.2 Å². The van der Waals surface area contributed by atoms with E-state index in [9.17, 15) is 4.79 Å². The molecular formula is C7H6ClNOS. The Bertz CT molecular complexity index is 280. The van der Waals surface area contributed by atoms with Crippen LogP contribution in [0.2, 0.25) is 0 Å². The number of halogens is 1. The summed E-state index contributed by atoms with van der Waals surface area (Å²) in [5.41, 5.74) is 0.785. The van der Waals surface area contributed by atoms with Crippen LogP contribution in [-0.2, 0) is 4.79 Å². The summed E-state index contributed by atoms with van der Waals surface area (Å²) in [7, 11) is 0. The molecule has 2 heterocycles. The first-order valence-electron chi connectivity index (χ1n) is 3.00. The average molecular weight is 188 g/mol. The lowest BCUT2D eigenvalue weighted by Crippen LogP contribution is -2.06. The molecule has 0 fully saturated rings. The minimum Gasteiger partial charge on any atom is -0.289 e. The van der Waals surface area contributed by atoms with Crippen LogP contribution in [0.15, 0.2) is 28.9 Å². The fraction of sp³-hybridized carbons (Fsp3) is 0.143. The van der Waals surface area contributed by atoms with Crippen molar-refractivity contribution in [1.82, 2.24) is 0 Å². The number of ketones is 1. The van der Waals surface area contributed by atoms with Crippen LogP contribution >= 0.6 is 24.2 Å². The largest absolute Gasteiger partial charge is 0.289 e. The van der Waals surface area contributed by atoms with E-state index in [1.54, 1.807) is 18.0 Å². The number of hydrogen-bond acceptors (Lipinski definition) is 3. The van der Waals surface area contributed by atoms with Crippen LogP contribution in [0.1, 0.15) is 0 Å². The number of rotatable bonds is 0. The second kappa shape index (κ2) is 3.24. The number of thioether (sulfide) groups is 1. The first kappa shape index (κ1) is 8.56. The molecule has 58 valence electrons. The van der Waals surface area contributed by atoms with E-state index in [0.29, 0.717) is 0 Å². The normalized spacial score (nSPS) is 20.2. The number of hydrogen-bond donors (Lipinski definition) is 0. The molecule has 0 radical (unpaired) electrons. The SMILES string of the molecule is Cl.O=C1C=CN=C2SCC=C12. The summed E-state index contributed by atoms with van der Waals surface area (Å²) in [5, 5.41) is 0.882. The first-order valence-corrected chi connectivity index (χ1v) is 3.98. The second-order valence-electron chi connectivity index (χ2n) is 2.04. The fourth-order valence-electron chi connectivity index (χ4n) is 0.944. The molecule has 2 aliphatic heterocycles. The van der Waals surface area contributed by atoms with Crippen molar-refractivity contribution in [2.45, 2.75) is 0 Å². The molecule has 11 heavy (non-hydrogen) atoms. The average Bonchev–Trinajstić information content (AvgIpc) is 2.36. The highest BCUT2D eigenvalue weighted by Crippen LogP contribution is 2.24. The minimum atomic E-state index is 0. The van der Waals surface area contributed by atoms with Crippen molar-refractivity contribution in [2.75, 3.05) is 5.75 Å². The van der Waals surface area contributed by atoms with Gasteiger partial charge in [0.2, 0.25) is 0 Å². The van der Waals surface area contributed by atoms with Crippen molar-refractivity contribution in [1.29, 1.82) is 0 Å². The molecule has 0 N–H and O–H groups in total. The highest BCUT2D eigenvalue weighted by atomic mass is 35.5. The Morgan fingerprint density at radius 1 is 1.55 bits per heavy atom. The van der Waals surface area contributed by atoms with Crippen molar-refractivity contribution < 1.29 is 4.79 Å². The molecule has 0 amide bonds. The van der Waals surface area contributed by atoms with Crippen molar-refractivity contribution in [3.8, 4) is 0 Å². The summed E-state index contributed by atoms with van der Waals surface area (Å²) in [6, 6.07) is 0. The second-order valence-corrected chi connectivity index (χ2v) is 3.05. The summed E-state index contributed by atoms with van der Waals surface area (Å²) in [4.78, 5) is 15.1. The van der Waals surface area contributed by atoms with Crippen LogP contribution in [0.4, 0.5) is 0 Å². The first-order chi connectivity index (χ1) is 4.88. The maximum absolute atomic E-state index is 11.0. The van der Waals surface area contributed by atoms with E-state index in [1.165, 1.54) is 6.08 Å².